The number of carbonyl (C=O) groups is 1. The summed E-state index contributed by atoms with van der Waals surface area (Å²) in [5.74, 6) is 0.755. The van der Waals surface area contributed by atoms with E-state index >= 15 is 0 Å². The predicted molar refractivity (Wildman–Crippen MR) is 123 cm³/mol. The van der Waals surface area contributed by atoms with Crippen molar-refractivity contribution in [3.8, 4) is 17.2 Å². The highest BCUT2D eigenvalue weighted by molar-refractivity contribution is 7.99. The van der Waals surface area contributed by atoms with Gasteiger partial charge in [-0.1, -0.05) is 35.5 Å². The number of anilines is 1. The third kappa shape index (κ3) is 4.27. The zero-order valence-corrected chi connectivity index (χ0v) is 18.7. The number of carbonyl (C=O) groups excluding carboxylic acids is 1. The first-order valence-corrected chi connectivity index (χ1v) is 10.7. The lowest BCUT2D eigenvalue weighted by atomic mass is 10.3. The van der Waals surface area contributed by atoms with Crippen molar-refractivity contribution in [2.45, 2.75) is 5.16 Å². The standard InChI is InChI=1S/C21H18ClN5O4S/c1-30-16-8-7-12(9-14(16)22)27-20(29)13-10-23-26-19(13)25-21(27)32-11-18(28)24-15-5-3-4-6-17(15)31-2/h3-10H,11H2,1-2H3,(H,23,26)(H,24,28). The smallest absolute Gasteiger partial charge is 0.269 e. The minimum atomic E-state index is -0.336. The van der Waals surface area contributed by atoms with Crippen LogP contribution in [0.15, 0.2) is 58.6 Å². The largest absolute Gasteiger partial charge is 0.495 e. The van der Waals surface area contributed by atoms with Crippen molar-refractivity contribution in [2.75, 3.05) is 25.3 Å². The quantitative estimate of drug-likeness (QED) is 0.313. The first-order chi connectivity index (χ1) is 15.5. The van der Waals surface area contributed by atoms with Crippen LogP contribution < -0.4 is 20.3 Å². The summed E-state index contributed by atoms with van der Waals surface area (Å²) < 4.78 is 11.8. The van der Waals surface area contributed by atoms with Gasteiger partial charge < -0.3 is 14.8 Å². The number of aromatic amines is 1. The van der Waals surface area contributed by atoms with E-state index in [9.17, 15) is 9.59 Å². The summed E-state index contributed by atoms with van der Waals surface area (Å²) in [6, 6.07) is 12.1. The first kappa shape index (κ1) is 21.7. The highest BCUT2D eigenvalue weighted by atomic mass is 35.5. The van der Waals surface area contributed by atoms with Gasteiger partial charge in [-0.15, -0.1) is 0 Å². The van der Waals surface area contributed by atoms with E-state index in [1.54, 1.807) is 36.4 Å². The normalized spacial score (nSPS) is 10.8. The Hall–Kier alpha value is -3.50. The van der Waals surface area contributed by atoms with E-state index in [0.717, 1.165) is 11.8 Å². The van der Waals surface area contributed by atoms with Crippen molar-refractivity contribution in [1.82, 2.24) is 19.7 Å². The minimum absolute atomic E-state index is 0.00796. The monoisotopic (exact) mass is 471 g/mol. The van der Waals surface area contributed by atoms with E-state index in [4.69, 9.17) is 21.1 Å². The fraction of sp³-hybridized carbons (Fsp3) is 0.143. The topological polar surface area (TPSA) is 111 Å². The number of methoxy groups -OCH3 is 2. The van der Waals surface area contributed by atoms with Crippen LogP contribution in [-0.4, -0.2) is 45.6 Å². The van der Waals surface area contributed by atoms with Crippen LogP contribution in [0.4, 0.5) is 5.69 Å². The molecule has 0 aliphatic rings. The van der Waals surface area contributed by atoms with Crippen LogP contribution in [0.25, 0.3) is 16.7 Å². The number of H-pyrrole nitrogens is 1. The Morgan fingerprint density at radius 3 is 2.72 bits per heavy atom. The molecule has 2 N–H and O–H groups in total. The number of rotatable bonds is 7. The van der Waals surface area contributed by atoms with Crippen molar-refractivity contribution in [3.63, 3.8) is 0 Å². The SMILES string of the molecule is COc1ccc(-n2c(SCC(=O)Nc3ccccc3OC)nc3[nH]ncc3c2=O)cc1Cl. The van der Waals surface area contributed by atoms with Gasteiger partial charge in [0.1, 0.15) is 16.9 Å². The van der Waals surface area contributed by atoms with E-state index in [2.05, 4.69) is 20.5 Å². The van der Waals surface area contributed by atoms with Gasteiger partial charge in [-0.2, -0.15) is 5.10 Å². The molecule has 11 heteroatoms. The van der Waals surface area contributed by atoms with Gasteiger partial charge in [0.25, 0.3) is 5.56 Å². The first-order valence-electron chi connectivity index (χ1n) is 9.37. The maximum atomic E-state index is 13.2. The molecule has 2 aromatic heterocycles. The molecule has 2 aromatic carbocycles. The van der Waals surface area contributed by atoms with Gasteiger partial charge in [0.15, 0.2) is 10.8 Å². The number of hydrogen-bond donors (Lipinski definition) is 2. The van der Waals surface area contributed by atoms with Crippen LogP contribution in [0.3, 0.4) is 0 Å². The second-order valence-corrected chi connectivity index (χ2v) is 7.87. The second-order valence-electron chi connectivity index (χ2n) is 6.52. The zero-order chi connectivity index (χ0) is 22.7. The van der Waals surface area contributed by atoms with Gasteiger partial charge in [0.05, 0.1) is 42.6 Å². The summed E-state index contributed by atoms with van der Waals surface area (Å²) in [5, 5.41) is 10.4. The lowest BCUT2D eigenvalue weighted by Crippen LogP contribution is -2.22. The molecule has 4 aromatic rings. The van der Waals surface area contributed by atoms with Crippen molar-refractivity contribution >= 4 is 46.0 Å². The summed E-state index contributed by atoms with van der Waals surface area (Å²) in [5.41, 5.74) is 1.04. The van der Waals surface area contributed by atoms with Crippen LogP contribution in [-0.2, 0) is 4.79 Å². The van der Waals surface area contributed by atoms with Gasteiger partial charge in [0, 0.05) is 0 Å². The molecule has 0 atom stereocenters. The van der Waals surface area contributed by atoms with Crippen LogP contribution in [0.5, 0.6) is 11.5 Å². The number of nitrogens with one attached hydrogen (secondary N) is 2. The van der Waals surface area contributed by atoms with Gasteiger partial charge in [-0.25, -0.2) is 4.98 Å². The molecule has 1 amide bonds. The molecule has 0 spiro atoms. The number of fused-ring (bicyclic) bond motifs is 1. The molecule has 32 heavy (non-hydrogen) atoms. The average molecular weight is 472 g/mol. The summed E-state index contributed by atoms with van der Waals surface area (Å²) in [6.07, 6.45) is 1.41. The Balaban J connectivity index is 1.66. The molecular formula is C21H18ClN5O4S. The third-order valence-corrected chi connectivity index (χ3v) is 5.79. The highest BCUT2D eigenvalue weighted by Crippen LogP contribution is 2.29. The van der Waals surface area contributed by atoms with E-state index in [1.807, 2.05) is 6.07 Å². The molecule has 0 aliphatic carbocycles. The summed E-state index contributed by atoms with van der Waals surface area (Å²) in [4.78, 5) is 30.2. The van der Waals surface area contributed by atoms with Crippen molar-refractivity contribution in [1.29, 1.82) is 0 Å². The molecular weight excluding hydrogens is 454 g/mol. The number of para-hydroxylation sites is 2. The molecule has 0 saturated carbocycles. The van der Waals surface area contributed by atoms with Crippen LogP contribution in [0, 0.1) is 0 Å². The fourth-order valence-electron chi connectivity index (χ4n) is 3.06. The molecule has 0 fully saturated rings. The van der Waals surface area contributed by atoms with E-state index in [1.165, 1.54) is 25.0 Å². The third-order valence-electron chi connectivity index (χ3n) is 4.56. The van der Waals surface area contributed by atoms with Crippen LogP contribution >= 0.6 is 23.4 Å². The van der Waals surface area contributed by atoms with Gasteiger partial charge >= 0.3 is 0 Å². The number of halogens is 1. The molecule has 0 unspecified atom stereocenters. The second kappa shape index (κ2) is 9.33. The maximum absolute atomic E-state index is 13.2. The minimum Gasteiger partial charge on any atom is -0.495 e. The van der Waals surface area contributed by atoms with Crippen LogP contribution in [0.2, 0.25) is 5.02 Å². The van der Waals surface area contributed by atoms with Crippen LogP contribution in [0.1, 0.15) is 0 Å². The Kier molecular flexibility index (Phi) is 6.33. The maximum Gasteiger partial charge on any atom is 0.269 e. The number of hydrogen-bond acceptors (Lipinski definition) is 7. The number of thioether (sulfide) groups is 1. The van der Waals surface area contributed by atoms with E-state index < -0.39 is 0 Å². The summed E-state index contributed by atoms with van der Waals surface area (Å²) in [6.45, 7) is 0. The molecule has 9 nitrogen and oxygen atoms in total. The van der Waals surface area contributed by atoms with Crippen molar-refractivity contribution < 1.29 is 14.3 Å². The fourth-order valence-corrected chi connectivity index (χ4v) is 4.11. The number of aromatic nitrogens is 4. The highest BCUT2D eigenvalue weighted by Gasteiger charge is 2.17. The predicted octanol–water partition coefficient (Wildman–Crippen LogP) is 3.51. The number of benzene rings is 2. The van der Waals surface area contributed by atoms with Crippen molar-refractivity contribution in [2.24, 2.45) is 0 Å². The summed E-state index contributed by atoms with van der Waals surface area (Å²) >= 11 is 7.37. The lowest BCUT2D eigenvalue weighted by molar-refractivity contribution is -0.113. The average Bonchev–Trinajstić information content (AvgIpc) is 3.27. The Labute approximate surface area is 191 Å². The molecule has 0 saturated heterocycles. The number of ether oxygens (including phenoxy) is 2. The molecule has 0 aliphatic heterocycles. The lowest BCUT2D eigenvalue weighted by Gasteiger charge is -2.13. The molecule has 4 rings (SSSR count). The van der Waals surface area contributed by atoms with E-state index in [-0.39, 0.29) is 17.2 Å². The Morgan fingerprint density at radius 2 is 1.97 bits per heavy atom. The van der Waals surface area contributed by atoms with E-state index in [0.29, 0.717) is 44.1 Å². The van der Waals surface area contributed by atoms with Crippen molar-refractivity contribution in [3.05, 3.63) is 64.0 Å². The zero-order valence-electron chi connectivity index (χ0n) is 17.1. The molecule has 164 valence electrons. The molecule has 0 bridgehead atoms. The molecule has 0 radical (unpaired) electrons. The Morgan fingerprint density at radius 1 is 1.19 bits per heavy atom. The van der Waals surface area contributed by atoms with Gasteiger partial charge in [0.2, 0.25) is 5.91 Å². The van der Waals surface area contributed by atoms with Gasteiger partial charge in [-0.05, 0) is 30.3 Å². The molecule has 2 heterocycles. The number of amides is 1. The summed E-state index contributed by atoms with van der Waals surface area (Å²) in [7, 11) is 3.04. The Bertz CT molecular complexity index is 1350. The van der Waals surface area contributed by atoms with Gasteiger partial charge in [-0.3, -0.25) is 19.3 Å². The number of nitrogens with zero attached hydrogens (tertiary/aromatic N) is 3.